The molecule has 0 aromatic heterocycles. The van der Waals surface area contributed by atoms with E-state index in [4.69, 9.17) is 4.74 Å². The molecule has 0 aliphatic carbocycles. The molecule has 2 amide bonds. The van der Waals surface area contributed by atoms with E-state index in [0.717, 1.165) is 11.3 Å². The quantitative estimate of drug-likeness (QED) is 0.601. The maximum Gasteiger partial charge on any atom is 0.309 e. The van der Waals surface area contributed by atoms with Crippen molar-refractivity contribution in [1.29, 1.82) is 0 Å². The van der Waals surface area contributed by atoms with Crippen LogP contribution in [0.1, 0.15) is 28.8 Å². The van der Waals surface area contributed by atoms with Crippen molar-refractivity contribution in [3.63, 3.8) is 0 Å². The Morgan fingerprint density at radius 3 is 2.15 bits per heavy atom. The summed E-state index contributed by atoms with van der Waals surface area (Å²) in [5.41, 5.74) is 2.48. The van der Waals surface area contributed by atoms with Crippen molar-refractivity contribution in [2.75, 3.05) is 45.7 Å². The van der Waals surface area contributed by atoms with Gasteiger partial charge in [0.05, 0.1) is 5.92 Å². The molecule has 0 unspecified atom stereocenters. The van der Waals surface area contributed by atoms with Crippen LogP contribution >= 0.6 is 0 Å². The third-order valence-corrected chi connectivity index (χ3v) is 5.84. The number of anilines is 1. The fraction of sp³-hybridized carbons (Fsp3) is 0.400. The van der Waals surface area contributed by atoms with Crippen LogP contribution in [-0.4, -0.2) is 68.4 Å². The first-order valence-corrected chi connectivity index (χ1v) is 11.0. The molecule has 0 radical (unpaired) electrons. The zero-order chi connectivity index (χ0) is 24.0. The van der Waals surface area contributed by atoms with Crippen molar-refractivity contribution in [1.82, 2.24) is 9.80 Å². The molecule has 2 aromatic rings. The molecule has 1 aliphatic heterocycles. The lowest BCUT2D eigenvalue weighted by molar-refractivity contribution is -0.156. The minimum absolute atomic E-state index is 0.183. The van der Waals surface area contributed by atoms with Gasteiger partial charge in [-0.25, -0.2) is 4.39 Å². The average molecular weight is 456 g/mol. The van der Waals surface area contributed by atoms with E-state index in [1.54, 1.807) is 11.9 Å². The molecule has 1 heterocycles. The standard InChI is InChI=1S/C25H30FN3O4/c1-27(2)22-10-4-18(5-11-22)16-28(3)23(30)17-33-25(32)20-12-14-29(15-13-20)24(31)19-6-8-21(26)9-7-19/h4-11,20H,12-17H2,1-3H3. The van der Waals surface area contributed by atoms with Crippen LogP contribution in [-0.2, 0) is 20.9 Å². The van der Waals surface area contributed by atoms with Crippen molar-refractivity contribution in [2.24, 2.45) is 5.92 Å². The maximum atomic E-state index is 13.1. The number of likely N-dealkylation sites (tertiary alicyclic amines) is 1. The number of amides is 2. The highest BCUT2D eigenvalue weighted by Gasteiger charge is 2.29. The van der Waals surface area contributed by atoms with Crippen LogP contribution in [0.15, 0.2) is 48.5 Å². The minimum atomic E-state index is -0.416. The van der Waals surface area contributed by atoms with Gasteiger partial charge in [-0.2, -0.15) is 0 Å². The number of nitrogens with zero attached hydrogens (tertiary/aromatic N) is 3. The van der Waals surface area contributed by atoms with Crippen LogP contribution in [0, 0.1) is 11.7 Å². The van der Waals surface area contributed by atoms with Gasteiger partial charge in [0.2, 0.25) is 0 Å². The smallest absolute Gasteiger partial charge is 0.309 e. The molecule has 1 saturated heterocycles. The highest BCUT2D eigenvalue weighted by atomic mass is 19.1. The first-order chi connectivity index (χ1) is 15.7. The molecule has 0 saturated carbocycles. The maximum absolute atomic E-state index is 13.1. The number of halogens is 1. The number of esters is 1. The van der Waals surface area contributed by atoms with E-state index in [0.29, 0.717) is 38.0 Å². The Bertz CT molecular complexity index is 968. The number of likely N-dealkylation sites (N-methyl/N-ethyl adjacent to an activating group) is 1. The molecule has 33 heavy (non-hydrogen) atoms. The van der Waals surface area contributed by atoms with Crippen LogP contribution in [0.3, 0.4) is 0 Å². The highest BCUT2D eigenvalue weighted by Crippen LogP contribution is 2.21. The summed E-state index contributed by atoms with van der Waals surface area (Å²) < 4.78 is 18.3. The van der Waals surface area contributed by atoms with E-state index in [-0.39, 0.29) is 24.3 Å². The predicted octanol–water partition coefficient (Wildman–Crippen LogP) is 2.95. The second-order valence-corrected chi connectivity index (χ2v) is 8.49. The Kier molecular flexibility index (Phi) is 8.03. The number of hydrogen-bond donors (Lipinski definition) is 0. The average Bonchev–Trinajstić information content (AvgIpc) is 2.82. The molecular formula is C25H30FN3O4. The number of carbonyl (C=O) groups excluding carboxylic acids is 3. The van der Waals surface area contributed by atoms with Gasteiger partial charge in [0.25, 0.3) is 11.8 Å². The zero-order valence-electron chi connectivity index (χ0n) is 19.3. The summed E-state index contributed by atoms with van der Waals surface area (Å²) in [6, 6.07) is 13.3. The van der Waals surface area contributed by atoms with Gasteiger partial charge >= 0.3 is 5.97 Å². The number of carbonyl (C=O) groups is 3. The summed E-state index contributed by atoms with van der Waals surface area (Å²) in [6.07, 6.45) is 0.933. The van der Waals surface area contributed by atoms with Gasteiger partial charge in [-0.3, -0.25) is 14.4 Å². The Hall–Kier alpha value is -3.42. The van der Waals surface area contributed by atoms with Crippen LogP contribution in [0.2, 0.25) is 0 Å². The zero-order valence-corrected chi connectivity index (χ0v) is 19.3. The Balaban J connectivity index is 1.41. The van der Waals surface area contributed by atoms with Crippen molar-refractivity contribution < 1.29 is 23.5 Å². The number of piperidine rings is 1. The molecular weight excluding hydrogens is 425 g/mol. The first-order valence-electron chi connectivity index (χ1n) is 11.0. The number of rotatable bonds is 7. The van der Waals surface area contributed by atoms with Crippen molar-refractivity contribution >= 4 is 23.5 Å². The lowest BCUT2D eigenvalue weighted by Gasteiger charge is -2.31. The Labute approximate surface area is 193 Å². The van der Waals surface area contributed by atoms with Gasteiger partial charge in [-0.05, 0) is 54.8 Å². The van der Waals surface area contributed by atoms with Crippen LogP contribution in [0.4, 0.5) is 10.1 Å². The largest absolute Gasteiger partial charge is 0.455 e. The number of hydrogen-bond acceptors (Lipinski definition) is 5. The summed E-state index contributed by atoms with van der Waals surface area (Å²) in [4.78, 5) is 42.5. The third-order valence-electron chi connectivity index (χ3n) is 5.84. The van der Waals surface area contributed by atoms with E-state index in [2.05, 4.69) is 0 Å². The minimum Gasteiger partial charge on any atom is -0.455 e. The van der Waals surface area contributed by atoms with Gasteiger partial charge in [0.1, 0.15) is 5.82 Å². The summed E-state index contributed by atoms with van der Waals surface area (Å²) in [7, 11) is 5.61. The summed E-state index contributed by atoms with van der Waals surface area (Å²) in [5, 5.41) is 0. The molecule has 2 aromatic carbocycles. The SMILES string of the molecule is CN(Cc1ccc(N(C)C)cc1)C(=O)COC(=O)C1CCN(C(=O)c2ccc(F)cc2)CC1. The lowest BCUT2D eigenvalue weighted by Crippen LogP contribution is -2.41. The second kappa shape index (κ2) is 10.9. The molecule has 1 aliphatic rings. The van der Waals surface area contributed by atoms with Crippen molar-refractivity contribution in [3.8, 4) is 0 Å². The highest BCUT2D eigenvalue weighted by molar-refractivity contribution is 5.94. The predicted molar refractivity (Wildman–Crippen MR) is 123 cm³/mol. The van der Waals surface area contributed by atoms with Crippen LogP contribution in [0.25, 0.3) is 0 Å². The van der Waals surface area contributed by atoms with E-state index >= 15 is 0 Å². The summed E-state index contributed by atoms with van der Waals surface area (Å²) in [6.45, 7) is 0.938. The normalized spacial score (nSPS) is 14.0. The van der Waals surface area contributed by atoms with Gasteiger partial charge < -0.3 is 19.4 Å². The summed E-state index contributed by atoms with van der Waals surface area (Å²) in [5.74, 6) is -1.61. The number of ether oxygens (including phenoxy) is 1. The van der Waals surface area contributed by atoms with Crippen molar-refractivity contribution in [2.45, 2.75) is 19.4 Å². The van der Waals surface area contributed by atoms with Gasteiger partial charge in [0.15, 0.2) is 6.61 Å². The summed E-state index contributed by atoms with van der Waals surface area (Å²) >= 11 is 0. The van der Waals surface area contributed by atoms with E-state index in [1.807, 2.05) is 43.3 Å². The number of benzene rings is 2. The molecule has 176 valence electrons. The Morgan fingerprint density at radius 1 is 0.970 bits per heavy atom. The Morgan fingerprint density at radius 2 is 1.58 bits per heavy atom. The lowest BCUT2D eigenvalue weighted by atomic mass is 9.96. The topological polar surface area (TPSA) is 70.2 Å². The molecule has 7 nitrogen and oxygen atoms in total. The molecule has 3 rings (SSSR count). The van der Waals surface area contributed by atoms with Gasteiger partial charge in [0, 0.05) is 52.0 Å². The fourth-order valence-corrected chi connectivity index (χ4v) is 3.72. The second-order valence-electron chi connectivity index (χ2n) is 8.49. The van der Waals surface area contributed by atoms with Gasteiger partial charge in [-0.15, -0.1) is 0 Å². The molecule has 0 bridgehead atoms. The molecule has 0 N–H and O–H groups in total. The molecule has 0 atom stereocenters. The van der Waals surface area contributed by atoms with Crippen LogP contribution < -0.4 is 4.90 Å². The van der Waals surface area contributed by atoms with E-state index in [1.165, 1.54) is 29.2 Å². The first kappa shape index (κ1) is 24.2. The van der Waals surface area contributed by atoms with E-state index < -0.39 is 11.8 Å². The van der Waals surface area contributed by atoms with E-state index in [9.17, 15) is 18.8 Å². The van der Waals surface area contributed by atoms with Crippen molar-refractivity contribution in [3.05, 3.63) is 65.5 Å². The van der Waals surface area contributed by atoms with Gasteiger partial charge in [-0.1, -0.05) is 12.1 Å². The van der Waals surface area contributed by atoms with Crippen LogP contribution in [0.5, 0.6) is 0 Å². The fourth-order valence-electron chi connectivity index (χ4n) is 3.72. The monoisotopic (exact) mass is 455 g/mol. The molecule has 0 spiro atoms. The molecule has 8 heteroatoms. The molecule has 1 fully saturated rings. The third kappa shape index (κ3) is 6.54.